The van der Waals surface area contributed by atoms with Crippen LogP contribution in [0.5, 0.6) is 0 Å². The van der Waals surface area contributed by atoms with Crippen molar-refractivity contribution in [3.05, 3.63) is 28.8 Å². The molecule has 3 rings (SSSR count). The van der Waals surface area contributed by atoms with Crippen molar-refractivity contribution in [3.63, 3.8) is 0 Å². The number of rotatable bonds is 5. The van der Waals surface area contributed by atoms with Gasteiger partial charge in [-0.25, -0.2) is 4.39 Å². The van der Waals surface area contributed by atoms with Gasteiger partial charge in [-0.2, -0.15) is 4.99 Å². The first-order valence-electron chi connectivity index (χ1n) is 8.10. The zero-order chi connectivity index (χ0) is 16.9. The minimum absolute atomic E-state index is 0.125. The largest absolute Gasteiger partial charge is 0.383 e. The molecule has 0 N–H and O–H groups in total. The Hall–Kier alpha value is -1.57. The molecule has 2 aromatic rings. The predicted octanol–water partition coefficient (Wildman–Crippen LogP) is 2.73. The maximum absolute atomic E-state index is 13.5. The molecule has 5 nitrogen and oxygen atoms in total. The van der Waals surface area contributed by atoms with Crippen molar-refractivity contribution in [2.45, 2.75) is 25.8 Å². The topological polar surface area (TPSA) is 52.8 Å². The van der Waals surface area contributed by atoms with Gasteiger partial charge in [0, 0.05) is 33.3 Å². The fourth-order valence-corrected chi connectivity index (χ4v) is 3.98. The van der Waals surface area contributed by atoms with Crippen LogP contribution in [0.2, 0.25) is 0 Å². The molecule has 0 spiro atoms. The summed E-state index contributed by atoms with van der Waals surface area (Å²) < 4.78 is 26.6. The van der Waals surface area contributed by atoms with Crippen molar-refractivity contribution in [2.75, 3.05) is 26.9 Å². The zero-order valence-corrected chi connectivity index (χ0v) is 14.5. The highest BCUT2D eigenvalue weighted by Gasteiger charge is 2.17. The van der Waals surface area contributed by atoms with Gasteiger partial charge >= 0.3 is 0 Å². The molecule has 0 saturated carbocycles. The van der Waals surface area contributed by atoms with Crippen LogP contribution in [0, 0.1) is 11.7 Å². The van der Waals surface area contributed by atoms with E-state index in [9.17, 15) is 9.18 Å². The summed E-state index contributed by atoms with van der Waals surface area (Å²) in [7, 11) is 1.63. The van der Waals surface area contributed by atoms with E-state index in [1.54, 1.807) is 13.2 Å². The summed E-state index contributed by atoms with van der Waals surface area (Å²) in [5.74, 6) is -0.0722. The second-order valence-corrected chi connectivity index (χ2v) is 6.92. The second-order valence-electron chi connectivity index (χ2n) is 5.91. The first-order valence-corrected chi connectivity index (χ1v) is 8.92. The Morgan fingerprint density at radius 1 is 1.46 bits per heavy atom. The minimum atomic E-state index is -0.289. The van der Waals surface area contributed by atoms with Crippen LogP contribution in [-0.2, 0) is 20.8 Å². The van der Waals surface area contributed by atoms with E-state index >= 15 is 0 Å². The van der Waals surface area contributed by atoms with Crippen LogP contribution in [0.15, 0.2) is 23.2 Å². The fraction of sp³-hybridized carbons (Fsp3) is 0.529. The monoisotopic (exact) mass is 352 g/mol. The highest BCUT2D eigenvalue weighted by atomic mass is 32.1. The zero-order valence-electron chi connectivity index (χ0n) is 13.7. The summed E-state index contributed by atoms with van der Waals surface area (Å²) >= 11 is 1.33. The quantitative estimate of drug-likeness (QED) is 0.831. The van der Waals surface area contributed by atoms with Crippen LogP contribution in [0.1, 0.15) is 19.3 Å². The third kappa shape index (κ3) is 4.09. The standard InChI is InChI=1S/C17H21FN2O3S/c1-22-9-6-20-14-3-2-13(18)11-15(14)24-17(20)19-16(21)10-12-4-7-23-8-5-12/h2-3,11-12H,4-10H2,1H3/b19-17-. The average molecular weight is 352 g/mol. The number of carbonyl (C=O) groups excluding carboxylic acids is 1. The Labute approximate surface area is 143 Å². The van der Waals surface area contributed by atoms with E-state index < -0.39 is 0 Å². The number of amides is 1. The minimum Gasteiger partial charge on any atom is -0.383 e. The Kier molecular flexibility index (Phi) is 5.76. The van der Waals surface area contributed by atoms with Crippen molar-refractivity contribution >= 4 is 27.5 Å². The van der Waals surface area contributed by atoms with Gasteiger partial charge in [0.05, 0.1) is 16.8 Å². The lowest BCUT2D eigenvalue weighted by Crippen LogP contribution is -2.22. The average Bonchev–Trinajstić information content (AvgIpc) is 2.89. The van der Waals surface area contributed by atoms with Crippen molar-refractivity contribution < 1.29 is 18.7 Å². The van der Waals surface area contributed by atoms with Crippen molar-refractivity contribution in [1.82, 2.24) is 4.57 Å². The SMILES string of the molecule is COCCn1/c(=N/C(=O)CC2CCOCC2)sc2cc(F)ccc21. The van der Waals surface area contributed by atoms with Gasteiger partial charge in [-0.15, -0.1) is 0 Å². The van der Waals surface area contributed by atoms with Gasteiger partial charge in [-0.1, -0.05) is 11.3 Å². The van der Waals surface area contributed by atoms with E-state index in [2.05, 4.69) is 4.99 Å². The number of hydrogen-bond acceptors (Lipinski definition) is 4. The number of aromatic nitrogens is 1. The molecule has 24 heavy (non-hydrogen) atoms. The first kappa shape index (κ1) is 17.3. The molecule has 1 saturated heterocycles. The van der Waals surface area contributed by atoms with Crippen LogP contribution in [0.4, 0.5) is 4.39 Å². The van der Waals surface area contributed by atoms with Gasteiger partial charge in [0.1, 0.15) is 5.82 Å². The number of fused-ring (bicyclic) bond motifs is 1. The number of carbonyl (C=O) groups is 1. The number of thiazole rings is 1. The highest BCUT2D eigenvalue weighted by Crippen LogP contribution is 2.20. The normalized spacial score (nSPS) is 16.8. The number of hydrogen-bond donors (Lipinski definition) is 0. The Morgan fingerprint density at radius 3 is 3.00 bits per heavy atom. The molecule has 0 bridgehead atoms. The van der Waals surface area contributed by atoms with E-state index in [-0.39, 0.29) is 11.7 Å². The molecule has 0 radical (unpaired) electrons. The fourth-order valence-electron chi connectivity index (χ4n) is 2.88. The Morgan fingerprint density at radius 2 is 2.25 bits per heavy atom. The van der Waals surface area contributed by atoms with E-state index in [0.29, 0.717) is 43.5 Å². The summed E-state index contributed by atoms with van der Waals surface area (Å²) in [6.45, 7) is 2.51. The van der Waals surface area contributed by atoms with Crippen LogP contribution < -0.4 is 4.80 Å². The maximum atomic E-state index is 13.5. The molecule has 1 aliphatic heterocycles. The molecule has 130 valence electrons. The van der Waals surface area contributed by atoms with Gasteiger partial charge in [0.25, 0.3) is 0 Å². The summed E-state index contributed by atoms with van der Waals surface area (Å²) in [6.07, 6.45) is 2.25. The lowest BCUT2D eigenvalue weighted by Gasteiger charge is -2.20. The van der Waals surface area contributed by atoms with E-state index in [1.165, 1.54) is 23.5 Å². The van der Waals surface area contributed by atoms with Crippen molar-refractivity contribution in [2.24, 2.45) is 10.9 Å². The van der Waals surface area contributed by atoms with Crippen molar-refractivity contribution in [1.29, 1.82) is 0 Å². The van der Waals surface area contributed by atoms with E-state index in [4.69, 9.17) is 9.47 Å². The first-order chi connectivity index (χ1) is 11.7. The van der Waals surface area contributed by atoms with Crippen LogP contribution >= 0.6 is 11.3 Å². The number of halogens is 1. The molecule has 7 heteroatoms. The highest BCUT2D eigenvalue weighted by molar-refractivity contribution is 7.16. The van der Waals surface area contributed by atoms with Gasteiger partial charge in [0.2, 0.25) is 5.91 Å². The van der Waals surface area contributed by atoms with Gasteiger partial charge in [-0.3, -0.25) is 4.79 Å². The molecular weight excluding hydrogens is 331 g/mol. The predicted molar refractivity (Wildman–Crippen MR) is 90.4 cm³/mol. The Bertz CT molecular complexity index is 778. The van der Waals surface area contributed by atoms with Gasteiger partial charge < -0.3 is 14.0 Å². The van der Waals surface area contributed by atoms with Crippen LogP contribution in [0.3, 0.4) is 0 Å². The lowest BCUT2D eigenvalue weighted by molar-refractivity contribution is -0.119. The van der Waals surface area contributed by atoms with Crippen LogP contribution in [-0.4, -0.2) is 37.4 Å². The molecule has 1 aliphatic rings. The van der Waals surface area contributed by atoms with Gasteiger partial charge in [0.15, 0.2) is 4.80 Å². The summed E-state index contributed by atoms with van der Waals surface area (Å²) in [5, 5.41) is 0. The second kappa shape index (κ2) is 8.00. The third-order valence-corrected chi connectivity index (χ3v) is 5.23. The van der Waals surface area contributed by atoms with Crippen LogP contribution in [0.25, 0.3) is 10.2 Å². The van der Waals surface area contributed by atoms with Gasteiger partial charge in [-0.05, 0) is 37.0 Å². The van der Waals surface area contributed by atoms with E-state index in [0.717, 1.165) is 23.1 Å². The number of nitrogens with zero attached hydrogens (tertiary/aromatic N) is 2. The molecular formula is C17H21FN2O3S. The number of ether oxygens (including phenoxy) is 2. The molecule has 1 aromatic carbocycles. The molecule has 1 aromatic heterocycles. The number of benzene rings is 1. The summed E-state index contributed by atoms with van der Waals surface area (Å²) in [5.41, 5.74) is 0.871. The van der Waals surface area contributed by atoms with Crippen molar-refractivity contribution in [3.8, 4) is 0 Å². The molecule has 2 heterocycles. The smallest absolute Gasteiger partial charge is 0.248 e. The number of methoxy groups -OCH3 is 1. The third-order valence-electron chi connectivity index (χ3n) is 4.19. The summed E-state index contributed by atoms with van der Waals surface area (Å²) in [6, 6.07) is 4.62. The molecule has 1 amide bonds. The molecule has 1 fully saturated rings. The summed E-state index contributed by atoms with van der Waals surface area (Å²) in [4.78, 5) is 17.2. The molecule has 0 aliphatic carbocycles. The maximum Gasteiger partial charge on any atom is 0.248 e. The lowest BCUT2D eigenvalue weighted by atomic mass is 9.96. The Balaban J connectivity index is 1.89. The molecule has 0 atom stereocenters. The van der Waals surface area contributed by atoms with E-state index in [1.807, 2.05) is 4.57 Å². The molecule has 0 unspecified atom stereocenters.